The van der Waals surface area contributed by atoms with Gasteiger partial charge in [0.2, 0.25) is 0 Å². The summed E-state index contributed by atoms with van der Waals surface area (Å²) in [6.45, 7) is 11.2. The lowest BCUT2D eigenvalue weighted by molar-refractivity contribution is 0.253. The summed E-state index contributed by atoms with van der Waals surface area (Å²) in [5.74, 6) is 1.11. The van der Waals surface area contributed by atoms with Gasteiger partial charge >= 0.3 is 0 Å². The van der Waals surface area contributed by atoms with E-state index in [0.717, 1.165) is 18.9 Å². The zero-order valence-electron chi connectivity index (χ0n) is 13.3. The van der Waals surface area contributed by atoms with Crippen molar-refractivity contribution in [2.45, 2.75) is 52.5 Å². The number of nitrogens with zero attached hydrogens (tertiary/aromatic N) is 3. The molecule has 20 heavy (non-hydrogen) atoms. The molecule has 0 N–H and O–H groups in total. The van der Waals surface area contributed by atoms with E-state index in [1.807, 2.05) is 0 Å². The van der Waals surface area contributed by atoms with Crippen LogP contribution >= 0.6 is 0 Å². The van der Waals surface area contributed by atoms with Gasteiger partial charge in [0.15, 0.2) is 0 Å². The molecule has 1 fully saturated rings. The molecule has 0 radical (unpaired) electrons. The average molecular weight is 275 g/mol. The Morgan fingerprint density at radius 1 is 1.25 bits per heavy atom. The number of anilines is 1. The molecule has 1 atom stereocenters. The maximum atomic E-state index is 4.68. The van der Waals surface area contributed by atoms with Gasteiger partial charge in [0.25, 0.3) is 0 Å². The summed E-state index contributed by atoms with van der Waals surface area (Å²) in [5, 5.41) is 0. The topological polar surface area (TPSA) is 19.4 Å². The highest BCUT2D eigenvalue weighted by Crippen LogP contribution is 2.32. The first-order chi connectivity index (χ1) is 9.80. The first-order valence-electron chi connectivity index (χ1n) is 8.25. The minimum atomic E-state index is 0.597. The van der Waals surface area contributed by atoms with Crippen molar-refractivity contribution < 1.29 is 0 Å². The van der Waals surface area contributed by atoms with Crippen molar-refractivity contribution in [1.82, 2.24) is 9.88 Å². The third kappa shape index (κ3) is 3.51. The number of hydrogen-bond acceptors (Lipinski definition) is 3. The molecule has 2 heterocycles. The van der Waals surface area contributed by atoms with Gasteiger partial charge in [-0.3, -0.25) is 4.90 Å². The number of hydrogen-bond donors (Lipinski definition) is 0. The van der Waals surface area contributed by atoms with E-state index in [0.29, 0.717) is 6.04 Å². The summed E-state index contributed by atoms with van der Waals surface area (Å²) in [6.07, 6.45) is 7.30. The maximum Gasteiger partial charge on any atom is 0.128 e. The van der Waals surface area contributed by atoms with Crippen LogP contribution in [0.3, 0.4) is 0 Å². The van der Waals surface area contributed by atoms with Gasteiger partial charge in [0, 0.05) is 25.3 Å². The van der Waals surface area contributed by atoms with Gasteiger partial charge in [-0.1, -0.05) is 19.4 Å². The Kier molecular flexibility index (Phi) is 5.84. The zero-order valence-corrected chi connectivity index (χ0v) is 13.3. The normalized spacial score (nSPS) is 19.4. The molecular weight excluding hydrogens is 246 g/mol. The Balaban J connectivity index is 2.05. The maximum absolute atomic E-state index is 4.68. The summed E-state index contributed by atoms with van der Waals surface area (Å²) in [6, 6.07) is 5.08. The fraction of sp³-hybridized carbons (Fsp3) is 0.706. The van der Waals surface area contributed by atoms with Gasteiger partial charge < -0.3 is 4.90 Å². The van der Waals surface area contributed by atoms with Crippen molar-refractivity contribution in [3.05, 3.63) is 23.9 Å². The van der Waals surface area contributed by atoms with Crippen LogP contribution in [0.4, 0.5) is 5.82 Å². The van der Waals surface area contributed by atoms with E-state index >= 15 is 0 Å². The lowest BCUT2D eigenvalue weighted by atomic mass is 10.1. The summed E-state index contributed by atoms with van der Waals surface area (Å²) in [5.41, 5.74) is 1.40. The lowest BCUT2D eigenvalue weighted by Crippen LogP contribution is -2.25. The predicted octanol–water partition coefficient (Wildman–Crippen LogP) is 3.86. The van der Waals surface area contributed by atoms with Crippen molar-refractivity contribution in [2.24, 2.45) is 0 Å². The first kappa shape index (κ1) is 15.3. The minimum Gasteiger partial charge on any atom is -0.357 e. The Labute approximate surface area is 124 Å². The molecule has 0 aromatic carbocycles. The Morgan fingerprint density at radius 3 is 2.65 bits per heavy atom. The molecule has 1 aliphatic rings. The number of pyridine rings is 1. The summed E-state index contributed by atoms with van der Waals surface area (Å²) < 4.78 is 0. The second-order valence-corrected chi connectivity index (χ2v) is 5.67. The minimum absolute atomic E-state index is 0.597. The number of rotatable bonds is 7. The van der Waals surface area contributed by atoms with Crippen molar-refractivity contribution in [3.8, 4) is 0 Å². The van der Waals surface area contributed by atoms with E-state index in [2.05, 4.69) is 53.9 Å². The summed E-state index contributed by atoms with van der Waals surface area (Å²) in [4.78, 5) is 9.61. The molecule has 3 heteroatoms. The van der Waals surface area contributed by atoms with Gasteiger partial charge in [-0.15, -0.1) is 0 Å². The molecule has 0 aliphatic carbocycles. The van der Waals surface area contributed by atoms with Gasteiger partial charge in [-0.25, -0.2) is 4.98 Å². The lowest BCUT2D eigenvalue weighted by Gasteiger charge is -2.25. The third-order valence-corrected chi connectivity index (χ3v) is 4.41. The smallest absolute Gasteiger partial charge is 0.128 e. The monoisotopic (exact) mass is 275 g/mol. The molecule has 0 saturated carbocycles. The molecule has 3 nitrogen and oxygen atoms in total. The van der Waals surface area contributed by atoms with Crippen molar-refractivity contribution in [3.63, 3.8) is 0 Å². The molecule has 0 spiro atoms. The van der Waals surface area contributed by atoms with E-state index in [1.54, 1.807) is 0 Å². The van der Waals surface area contributed by atoms with Gasteiger partial charge in [-0.05, 0) is 57.8 Å². The Hall–Kier alpha value is -1.09. The van der Waals surface area contributed by atoms with Gasteiger partial charge in [-0.2, -0.15) is 0 Å². The molecule has 1 saturated heterocycles. The van der Waals surface area contributed by atoms with Crippen molar-refractivity contribution in [2.75, 3.05) is 31.1 Å². The average Bonchev–Trinajstić information content (AvgIpc) is 2.95. The quantitative estimate of drug-likeness (QED) is 0.753. The molecule has 1 aromatic rings. The Bertz CT molecular complexity index is 384. The van der Waals surface area contributed by atoms with E-state index in [4.69, 9.17) is 0 Å². The van der Waals surface area contributed by atoms with Crippen LogP contribution in [0, 0.1) is 0 Å². The van der Waals surface area contributed by atoms with Crippen LogP contribution in [0.5, 0.6) is 0 Å². The highest BCUT2D eigenvalue weighted by molar-refractivity contribution is 5.39. The van der Waals surface area contributed by atoms with E-state index in [-0.39, 0.29) is 0 Å². The molecule has 1 aromatic heterocycles. The number of aromatic nitrogens is 1. The van der Waals surface area contributed by atoms with Crippen LogP contribution in [0.2, 0.25) is 0 Å². The van der Waals surface area contributed by atoms with Crippen LogP contribution in [0.1, 0.15) is 58.1 Å². The van der Waals surface area contributed by atoms with Crippen molar-refractivity contribution >= 4 is 5.82 Å². The first-order valence-corrected chi connectivity index (χ1v) is 8.25. The van der Waals surface area contributed by atoms with Crippen molar-refractivity contribution in [1.29, 1.82) is 0 Å². The highest BCUT2D eigenvalue weighted by Gasteiger charge is 2.25. The third-order valence-electron chi connectivity index (χ3n) is 4.41. The fourth-order valence-electron chi connectivity index (χ4n) is 3.16. The van der Waals surface area contributed by atoms with Gasteiger partial charge in [0.05, 0.1) is 0 Å². The van der Waals surface area contributed by atoms with Crippen LogP contribution in [0.15, 0.2) is 18.3 Å². The van der Waals surface area contributed by atoms with Crippen LogP contribution in [0.25, 0.3) is 0 Å². The summed E-state index contributed by atoms with van der Waals surface area (Å²) >= 11 is 0. The zero-order chi connectivity index (χ0) is 14.4. The molecule has 1 unspecified atom stereocenters. The van der Waals surface area contributed by atoms with E-state index < -0.39 is 0 Å². The number of unbranched alkanes of at least 4 members (excludes halogenated alkanes) is 1. The molecular formula is C17H29N3. The number of likely N-dealkylation sites (tertiary alicyclic amines) is 1. The highest BCUT2D eigenvalue weighted by atomic mass is 15.2. The second kappa shape index (κ2) is 7.63. The predicted molar refractivity (Wildman–Crippen MR) is 86.3 cm³/mol. The van der Waals surface area contributed by atoms with E-state index in [9.17, 15) is 0 Å². The van der Waals surface area contributed by atoms with Gasteiger partial charge in [0.1, 0.15) is 5.82 Å². The second-order valence-electron chi connectivity index (χ2n) is 5.67. The standard InChI is InChI=1S/C17H29N3/c1-4-7-12-20-13-8-9-16(20)15-10-11-17(18-14-15)19(5-2)6-3/h10-11,14,16H,4-9,12-13H2,1-3H3. The van der Waals surface area contributed by atoms with Crippen LogP contribution in [-0.2, 0) is 0 Å². The van der Waals surface area contributed by atoms with E-state index in [1.165, 1.54) is 44.3 Å². The molecule has 0 amide bonds. The molecule has 1 aliphatic heterocycles. The van der Waals surface area contributed by atoms with Crippen LogP contribution < -0.4 is 4.90 Å². The SMILES string of the molecule is CCCCN1CCCC1c1ccc(N(CC)CC)nc1. The Morgan fingerprint density at radius 2 is 2.05 bits per heavy atom. The van der Waals surface area contributed by atoms with Crippen LogP contribution in [-0.4, -0.2) is 36.1 Å². The summed E-state index contributed by atoms with van der Waals surface area (Å²) in [7, 11) is 0. The molecule has 0 bridgehead atoms. The molecule has 112 valence electrons. The molecule has 2 rings (SSSR count). The fourth-order valence-corrected chi connectivity index (χ4v) is 3.16. The largest absolute Gasteiger partial charge is 0.357 e.